The van der Waals surface area contributed by atoms with E-state index < -0.39 is 6.23 Å². The maximum atomic E-state index is 10.6. The number of H-pyrrole nitrogens is 1. The smallest absolute Gasteiger partial charge is 0.174 e. The number of benzene rings is 2. The number of aliphatic hydroxyl groups is 1. The van der Waals surface area contributed by atoms with Crippen LogP contribution in [0.25, 0.3) is 16.5 Å². The van der Waals surface area contributed by atoms with Crippen molar-refractivity contribution < 1.29 is 9.94 Å². The molecule has 2 heterocycles. The van der Waals surface area contributed by atoms with Gasteiger partial charge in [0.05, 0.1) is 23.8 Å². The molecule has 0 bridgehead atoms. The summed E-state index contributed by atoms with van der Waals surface area (Å²) in [5, 5.41) is 13.4. The highest BCUT2D eigenvalue weighted by molar-refractivity contribution is 5.99. The Morgan fingerprint density at radius 3 is 2.71 bits per heavy atom. The number of anilines is 1. The third kappa shape index (κ3) is 2.13. The Kier molecular flexibility index (Phi) is 3.40. The van der Waals surface area contributed by atoms with Gasteiger partial charge in [0.25, 0.3) is 0 Å². The van der Waals surface area contributed by atoms with Gasteiger partial charge in [-0.25, -0.2) is 4.99 Å². The predicted molar refractivity (Wildman–Crippen MR) is 94.1 cm³/mol. The lowest BCUT2D eigenvalue weighted by Crippen LogP contribution is -2.25. The fourth-order valence-electron chi connectivity index (χ4n) is 3.27. The minimum absolute atomic E-state index is 0.767. The molecule has 0 radical (unpaired) electrons. The van der Waals surface area contributed by atoms with E-state index in [1.807, 2.05) is 30.3 Å². The molecular formula is C19H19N3O2. The van der Waals surface area contributed by atoms with Crippen molar-refractivity contribution in [3.63, 3.8) is 0 Å². The number of rotatable bonds is 3. The highest BCUT2D eigenvalue weighted by Crippen LogP contribution is 2.33. The van der Waals surface area contributed by atoms with Crippen LogP contribution in [0.4, 0.5) is 5.69 Å². The van der Waals surface area contributed by atoms with Gasteiger partial charge in [0, 0.05) is 21.7 Å². The van der Waals surface area contributed by atoms with E-state index in [1.54, 1.807) is 7.11 Å². The zero-order chi connectivity index (χ0) is 16.8. The molecule has 0 saturated heterocycles. The monoisotopic (exact) mass is 321 g/mol. The summed E-state index contributed by atoms with van der Waals surface area (Å²) in [6.45, 7) is 4.12. The van der Waals surface area contributed by atoms with Crippen molar-refractivity contribution in [2.24, 2.45) is 4.99 Å². The molecule has 1 atom stereocenters. The molecule has 0 saturated carbocycles. The Morgan fingerprint density at radius 2 is 1.92 bits per heavy atom. The highest BCUT2D eigenvalue weighted by Gasteiger charge is 2.24. The van der Waals surface area contributed by atoms with Crippen molar-refractivity contribution in [3.8, 4) is 0 Å². The summed E-state index contributed by atoms with van der Waals surface area (Å²) in [6, 6.07) is 12.1. The van der Waals surface area contributed by atoms with E-state index in [-0.39, 0.29) is 0 Å². The third-order valence-electron chi connectivity index (χ3n) is 4.60. The summed E-state index contributed by atoms with van der Waals surface area (Å²) < 4.78 is 0. The number of para-hydroxylation sites is 1. The van der Waals surface area contributed by atoms with Gasteiger partial charge in [-0.05, 0) is 43.2 Å². The fraction of sp³-hybridized carbons (Fsp3) is 0.211. The first-order valence-electron chi connectivity index (χ1n) is 7.87. The van der Waals surface area contributed by atoms with Crippen molar-refractivity contribution in [1.29, 1.82) is 0 Å². The third-order valence-corrected chi connectivity index (χ3v) is 4.60. The number of hydrogen-bond donors (Lipinski definition) is 3. The Morgan fingerprint density at radius 1 is 1.17 bits per heavy atom. The molecule has 0 aliphatic carbocycles. The van der Waals surface area contributed by atoms with E-state index in [0.29, 0.717) is 0 Å². The van der Waals surface area contributed by atoms with Crippen LogP contribution in [0.3, 0.4) is 0 Å². The number of aryl methyl sites for hydroxylation is 2. The minimum Gasteiger partial charge on any atom is -0.368 e. The van der Waals surface area contributed by atoms with Crippen LogP contribution < -0.4 is 16.1 Å². The number of aromatic amines is 1. The van der Waals surface area contributed by atoms with Crippen molar-refractivity contribution in [2.75, 3.05) is 12.6 Å². The number of aliphatic hydroxyl groups excluding tert-OH is 1. The fourth-order valence-corrected chi connectivity index (χ4v) is 3.27. The van der Waals surface area contributed by atoms with Gasteiger partial charge in [-0.15, -0.1) is 0 Å². The SMILES string of the molecule is CONc1c(C2=c3cc(C)c(C)cc3=NC2O)[nH]c2ccccc12. The van der Waals surface area contributed by atoms with Crippen LogP contribution in [0.15, 0.2) is 41.4 Å². The average Bonchev–Trinajstić information content (AvgIpc) is 3.06. The van der Waals surface area contributed by atoms with Gasteiger partial charge in [-0.2, -0.15) is 0 Å². The molecule has 2 aromatic carbocycles. The minimum atomic E-state index is -0.897. The van der Waals surface area contributed by atoms with Gasteiger partial charge in [0.15, 0.2) is 6.23 Å². The molecule has 0 spiro atoms. The van der Waals surface area contributed by atoms with Crippen LogP contribution in [0, 0.1) is 13.8 Å². The number of nitrogens with one attached hydrogen (secondary N) is 2. The second kappa shape index (κ2) is 5.47. The maximum absolute atomic E-state index is 10.6. The number of fused-ring (bicyclic) bond motifs is 2. The molecule has 0 amide bonds. The van der Waals surface area contributed by atoms with Crippen molar-refractivity contribution in [1.82, 2.24) is 4.98 Å². The summed E-state index contributed by atoms with van der Waals surface area (Å²) in [6.07, 6.45) is -0.897. The Hall–Kier alpha value is -2.63. The summed E-state index contributed by atoms with van der Waals surface area (Å²) in [7, 11) is 1.58. The standard InChI is InChI=1S/C19H19N3O2/c1-10-8-13-15(9-11(10)2)21-19(23)16(13)18-17(22-24-3)12-6-4-5-7-14(12)20-18/h4-9,19-20,22-23H,1-3H3. The zero-order valence-corrected chi connectivity index (χ0v) is 13.8. The molecule has 1 aromatic heterocycles. The normalized spacial score (nSPS) is 16.3. The van der Waals surface area contributed by atoms with Crippen LogP contribution in [0.1, 0.15) is 16.8 Å². The molecule has 1 aliphatic rings. The lowest BCUT2D eigenvalue weighted by molar-refractivity contribution is 0.241. The molecule has 3 aromatic rings. The van der Waals surface area contributed by atoms with Crippen LogP contribution in [-0.2, 0) is 4.84 Å². The lowest BCUT2D eigenvalue weighted by atomic mass is 10.0. The van der Waals surface area contributed by atoms with E-state index >= 15 is 0 Å². The molecule has 4 rings (SSSR count). The predicted octanol–water partition coefficient (Wildman–Crippen LogP) is 1.91. The molecule has 24 heavy (non-hydrogen) atoms. The molecular weight excluding hydrogens is 302 g/mol. The molecule has 5 nitrogen and oxygen atoms in total. The molecule has 1 unspecified atom stereocenters. The van der Waals surface area contributed by atoms with Gasteiger partial charge in [0.1, 0.15) is 0 Å². The summed E-state index contributed by atoms with van der Waals surface area (Å²) in [4.78, 5) is 13.0. The number of aromatic nitrogens is 1. The van der Waals surface area contributed by atoms with Gasteiger partial charge in [-0.3, -0.25) is 10.3 Å². The van der Waals surface area contributed by atoms with E-state index in [9.17, 15) is 5.11 Å². The van der Waals surface area contributed by atoms with Gasteiger partial charge < -0.3 is 10.1 Å². The van der Waals surface area contributed by atoms with Crippen LogP contribution in [0.5, 0.6) is 0 Å². The Bertz CT molecular complexity index is 1070. The summed E-state index contributed by atoms with van der Waals surface area (Å²) >= 11 is 0. The van der Waals surface area contributed by atoms with Crippen molar-refractivity contribution >= 4 is 22.2 Å². The van der Waals surface area contributed by atoms with E-state index in [2.05, 4.69) is 35.4 Å². The van der Waals surface area contributed by atoms with Crippen molar-refractivity contribution in [3.05, 3.63) is 63.8 Å². The second-order valence-corrected chi connectivity index (χ2v) is 6.10. The molecule has 3 N–H and O–H groups in total. The summed E-state index contributed by atoms with van der Waals surface area (Å²) in [5.41, 5.74) is 8.64. The topological polar surface area (TPSA) is 69.6 Å². The molecule has 1 aliphatic heterocycles. The molecule has 5 heteroatoms. The quantitative estimate of drug-likeness (QED) is 0.646. The van der Waals surface area contributed by atoms with Gasteiger partial charge >= 0.3 is 0 Å². The molecule has 122 valence electrons. The van der Waals surface area contributed by atoms with Crippen molar-refractivity contribution in [2.45, 2.75) is 20.1 Å². The zero-order valence-electron chi connectivity index (χ0n) is 13.8. The lowest BCUT2D eigenvalue weighted by Gasteiger charge is -2.10. The van der Waals surface area contributed by atoms with Gasteiger partial charge in [0.2, 0.25) is 0 Å². The highest BCUT2D eigenvalue weighted by atomic mass is 16.6. The molecule has 0 fully saturated rings. The first-order valence-corrected chi connectivity index (χ1v) is 7.87. The Labute approximate surface area is 139 Å². The second-order valence-electron chi connectivity index (χ2n) is 6.10. The summed E-state index contributed by atoms with van der Waals surface area (Å²) in [5.74, 6) is 0. The van der Waals surface area contributed by atoms with Crippen LogP contribution in [0.2, 0.25) is 0 Å². The number of hydrogen-bond acceptors (Lipinski definition) is 4. The van der Waals surface area contributed by atoms with Crippen LogP contribution in [-0.4, -0.2) is 23.4 Å². The first kappa shape index (κ1) is 14.9. The first-order chi connectivity index (χ1) is 11.6. The largest absolute Gasteiger partial charge is 0.368 e. The van der Waals surface area contributed by atoms with E-state index in [1.165, 1.54) is 5.56 Å². The average molecular weight is 321 g/mol. The van der Waals surface area contributed by atoms with E-state index in [4.69, 9.17) is 4.84 Å². The maximum Gasteiger partial charge on any atom is 0.174 e. The van der Waals surface area contributed by atoms with Gasteiger partial charge in [-0.1, -0.05) is 18.2 Å². The number of nitrogens with zero attached hydrogens (tertiary/aromatic N) is 1. The Balaban J connectivity index is 2.08. The van der Waals surface area contributed by atoms with Crippen LogP contribution >= 0.6 is 0 Å². The van der Waals surface area contributed by atoms with E-state index in [0.717, 1.165) is 44.0 Å².